The highest BCUT2D eigenvalue weighted by Gasteiger charge is 2.06. The van der Waals surface area contributed by atoms with Crippen molar-refractivity contribution in [2.75, 3.05) is 13.2 Å². The van der Waals surface area contributed by atoms with Crippen LogP contribution >= 0.6 is 11.6 Å². The van der Waals surface area contributed by atoms with Crippen molar-refractivity contribution in [3.63, 3.8) is 0 Å². The number of benzene rings is 1. The molecule has 16 heavy (non-hydrogen) atoms. The van der Waals surface area contributed by atoms with Crippen LogP contribution < -0.4 is 10.1 Å². The fourth-order valence-electron chi connectivity index (χ4n) is 1.28. The lowest BCUT2D eigenvalue weighted by Crippen LogP contribution is -2.36. The van der Waals surface area contributed by atoms with Gasteiger partial charge in [0.2, 0.25) is 0 Å². The molecule has 0 atom stereocenters. The molecule has 0 radical (unpaired) electrons. The fourth-order valence-corrected chi connectivity index (χ4v) is 1.46. The summed E-state index contributed by atoms with van der Waals surface area (Å²) >= 11 is 5.85. The first-order valence-electron chi connectivity index (χ1n) is 5.61. The van der Waals surface area contributed by atoms with E-state index in [1.54, 1.807) is 0 Å². The van der Waals surface area contributed by atoms with E-state index in [0.29, 0.717) is 11.6 Å². The second-order valence-electron chi connectivity index (χ2n) is 4.84. The van der Waals surface area contributed by atoms with Crippen molar-refractivity contribution in [2.24, 2.45) is 0 Å². The van der Waals surface area contributed by atoms with Crippen LogP contribution in [-0.4, -0.2) is 18.7 Å². The van der Waals surface area contributed by atoms with Crippen LogP contribution in [-0.2, 0) is 0 Å². The number of hydrogen-bond acceptors (Lipinski definition) is 2. The maximum atomic E-state index is 5.85. The van der Waals surface area contributed by atoms with Gasteiger partial charge >= 0.3 is 0 Å². The van der Waals surface area contributed by atoms with Crippen LogP contribution in [0.4, 0.5) is 0 Å². The van der Waals surface area contributed by atoms with Gasteiger partial charge in [-0.1, -0.05) is 17.7 Å². The molecule has 1 aromatic carbocycles. The number of rotatable bonds is 5. The van der Waals surface area contributed by atoms with E-state index in [0.717, 1.165) is 18.7 Å². The largest absolute Gasteiger partial charge is 0.493 e. The van der Waals surface area contributed by atoms with Crippen molar-refractivity contribution >= 4 is 11.6 Å². The van der Waals surface area contributed by atoms with Crippen LogP contribution in [0.25, 0.3) is 0 Å². The van der Waals surface area contributed by atoms with Gasteiger partial charge in [-0.3, -0.25) is 0 Å². The molecule has 0 amide bonds. The molecule has 1 aromatic rings. The highest BCUT2D eigenvalue weighted by atomic mass is 35.5. The Bertz CT molecular complexity index is 320. The van der Waals surface area contributed by atoms with E-state index in [2.05, 4.69) is 26.1 Å². The van der Waals surface area contributed by atoms with Crippen LogP contribution in [0.1, 0.15) is 27.2 Å². The quantitative estimate of drug-likeness (QED) is 0.797. The third kappa shape index (κ3) is 5.99. The highest BCUT2D eigenvalue weighted by molar-refractivity contribution is 6.30. The Morgan fingerprint density at radius 1 is 1.31 bits per heavy atom. The lowest BCUT2D eigenvalue weighted by molar-refractivity contribution is 0.298. The second kappa shape index (κ2) is 6.12. The van der Waals surface area contributed by atoms with Gasteiger partial charge in [-0.25, -0.2) is 0 Å². The number of ether oxygens (including phenoxy) is 1. The average Bonchev–Trinajstić information content (AvgIpc) is 2.15. The normalized spacial score (nSPS) is 11.5. The van der Waals surface area contributed by atoms with Crippen molar-refractivity contribution in [2.45, 2.75) is 32.7 Å². The Balaban J connectivity index is 2.17. The summed E-state index contributed by atoms with van der Waals surface area (Å²) in [6, 6.07) is 7.49. The molecule has 0 spiro atoms. The van der Waals surface area contributed by atoms with Gasteiger partial charge in [-0.2, -0.15) is 0 Å². The van der Waals surface area contributed by atoms with E-state index >= 15 is 0 Å². The van der Waals surface area contributed by atoms with Crippen molar-refractivity contribution in [3.8, 4) is 5.75 Å². The summed E-state index contributed by atoms with van der Waals surface area (Å²) in [6.45, 7) is 8.15. The average molecular weight is 242 g/mol. The van der Waals surface area contributed by atoms with Crippen LogP contribution in [0.15, 0.2) is 24.3 Å². The van der Waals surface area contributed by atoms with E-state index in [-0.39, 0.29) is 5.54 Å². The monoisotopic (exact) mass is 241 g/mol. The zero-order valence-corrected chi connectivity index (χ0v) is 11.0. The zero-order chi connectivity index (χ0) is 12.0. The second-order valence-corrected chi connectivity index (χ2v) is 5.27. The summed E-state index contributed by atoms with van der Waals surface area (Å²) in [5.74, 6) is 0.836. The standard InChI is InChI=1S/C13H20ClNO/c1-13(2,3)15-8-5-9-16-12-7-4-6-11(14)10-12/h4,6-7,10,15H,5,8-9H2,1-3H3. The van der Waals surface area contributed by atoms with Gasteiger partial charge in [0.25, 0.3) is 0 Å². The minimum absolute atomic E-state index is 0.177. The minimum Gasteiger partial charge on any atom is -0.493 e. The Kier molecular flexibility index (Phi) is 5.10. The predicted octanol–water partition coefficient (Wildman–Crippen LogP) is 3.50. The molecule has 0 aliphatic carbocycles. The van der Waals surface area contributed by atoms with E-state index in [1.165, 1.54) is 0 Å². The van der Waals surface area contributed by atoms with Crippen molar-refractivity contribution in [3.05, 3.63) is 29.3 Å². The third-order valence-corrected chi connectivity index (χ3v) is 2.28. The molecule has 0 fully saturated rings. The van der Waals surface area contributed by atoms with Gasteiger partial charge in [0.05, 0.1) is 6.61 Å². The Morgan fingerprint density at radius 2 is 2.06 bits per heavy atom. The van der Waals surface area contributed by atoms with E-state index < -0.39 is 0 Å². The maximum Gasteiger partial charge on any atom is 0.120 e. The van der Waals surface area contributed by atoms with Gasteiger partial charge in [0, 0.05) is 10.6 Å². The molecule has 1 N–H and O–H groups in total. The number of halogens is 1. The maximum absolute atomic E-state index is 5.85. The van der Waals surface area contributed by atoms with Crippen molar-refractivity contribution < 1.29 is 4.74 Å². The summed E-state index contributed by atoms with van der Waals surface area (Å²) in [6.07, 6.45) is 0.990. The lowest BCUT2D eigenvalue weighted by Gasteiger charge is -2.20. The first-order chi connectivity index (χ1) is 7.47. The minimum atomic E-state index is 0.177. The topological polar surface area (TPSA) is 21.3 Å². The van der Waals surface area contributed by atoms with Crippen LogP contribution in [0.3, 0.4) is 0 Å². The summed E-state index contributed by atoms with van der Waals surface area (Å²) in [4.78, 5) is 0. The van der Waals surface area contributed by atoms with Gasteiger partial charge < -0.3 is 10.1 Å². The van der Waals surface area contributed by atoms with Crippen molar-refractivity contribution in [1.82, 2.24) is 5.32 Å². The summed E-state index contributed by atoms with van der Waals surface area (Å²) in [5, 5.41) is 4.13. The first-order valence-corrected chi connectivity index (χ1v) is 5.98. The molecule has 0 heterocycles. The summed E-state index contributed by atoms with van der Waals surface area (Å²) in [5.41, 5.74) is 0.177. The lowest BCUT2D eigenvalue weighted by atomic mass is 10.1. The van der Waals surface area contributed by atoms with E-state index in [1.807, 2.05) is 24.3 Å². The molecule has 1 rings (SSSR count). The molecule has 0 aliphatic rings. The molecular weight excluding hydrogens is 222 g/mol. The van der Waals surface area contributed by atoms with Crippen LogP contribution in [0.5, 0.6) is 5.75 Å². The summed E-state index contributed by atoms with van der Waals surface area (Å²) in [7, 11) is 0. The first kappa shape index (κ1) is 13.3. The van der Waals surface area contributed by atoms with Gasteiger partial charge in [0.15, 0.2) is 0 Å². The van der Waals surface area contributed by atoms with Crippen LogP contribution in [0.2, 0.25) is 5.02 Å². The Morgan fingerprint density at radius 3 is 2.69 bits per heavy atom. The molecule has 0 aromatic heterocycles. The summed E-state index contributed by atoms with van der Waals surface area (Å²) < 4.78 is 5.58. The molecule has 3 heteroatoms. The molecule has 0 saturated heterocycles. The molecule has 0 bridgehead atoms. The number of nitrogens with one attached hydrogen (secondary N) is 1. The van der Waals surface area contributed by atoms with Crippen LogP contribution in [0, 0.1) is 0 Å². The predicted molar refractivity (Wildman–Crippen MR) is 69.3 cm³/mol. The zero-order valence-electron chi connectivity index (χ0n) is 10.2. The van der Waals surface area contributed by atoms with E-state index in [9.17, 15) is 0 Å². The van der Waals surface area contributed by atoms with Gasteiger partial charge in [-0.05, 0) is 51.9 Å². The number of hydrogen-bond donors (Lipinski definition) is 1. The Labute approximate surface area is 103 Å². The third-order valence-electron chi connectivity index (χ3n) is 2.04. The highest BCUT2D eigenvalue weighted by Crippen LogP contribution is 2.17. The van der Waals surface area contributed by atoms with Crippen molar-refractivity contribution in [1.29, 1.82) is 0 Å². The van der Waals surface area contributed by atoms with Gasteiger partial charge in [0.1, 0.15) is 5.75 Å². The molecule has 0 saturated carbocycles. The molecular formula is C13H20ClNO. The molecule has 2 nitrogen and oxygen atoms in total. The SMILES string of the molecule is CC(C)(C)NCCCOc1cccc(Cl)c1. The smallest absolute Gasteiger partial charge is 0.120 e. The molecule has 90 valence electrons. The van der Waals surface area contributed by atoms with E-state index in [4.69, 9.17) is 16.3 Å². The molecule has 0 unspecified atom stereocenters. The fraction of sp³-hybridized carbons (Fsp3) is 0.538. The Hall–Kier alpha value is -0.730. The van der Waals surface area contributed by atoms with Gasteiger partial charge in [-0.15, -0.1) is 0 Å². The molecule has 0 aliphatic heterocycles.